The van der Waals surface area contributed by atoms with Gasteiger partial charge in [-0.3, -0.25) is 4.90 Å². The Labute approximate surface area is 149 Å². The average molecular weight is 367 g/mol. The van der Waals surface area contributed by atoms with Crippen LogP contribution in [0.1, 0.15) is 25.0 Å². The van der Waals surface area contributed by atoms with Crippen LogP contribution in [0.3, 0.4) is 0 Å². The van der Waals surface area contributed by atoms with Gasteiger partial charge in [0.2, 0.25) is 10.0 Å². The van der Waals surface area contributed by atoms with E-state index in [1.165, 1.54) is 12.1 Å². The minimum atomic E-state index is -3.59. The van der Waals surface area contributed by atoms with Crippen LogP contribution in [0, 0.1) is 0 Å². The fraction of sp³-hybridized carbons (Fsp3) is 0.333. The molecule has 4 nitrogen and oxygen atoms in total. The lowest BCUT2D eigenvalue weighted by atomic mass is 10.1. The fourth-order valence-corrected chi connectivity index (χ4v) is 3.77. The van der Waals surface area contributed by atoms with Crippen LogP contribution in [0.5, 0.6) is 0 Å². The van der Waals surface area contributed by atoms with E-state index in [0.717, 1.165) is 30.8 Å². The molecule has 0 amide bonds. The Morgan fingerprint density at radius 2 is 1.67 bits per heavy atom. The number of halogens is 1. The van der Waals surface area contributed by atoms with Crippen LogP contribution >= 0.6 is 11.6 Å². The van der Waals surface area contributed by atoms with E-state index in [1.54, 1.807) is 12.1 Å². The molecule has 0 aliphatic heterocycles. The predicted molar refractivity (Wildman–Crippen MR) is 98.5 cm³/mol. The minimum Gasteiger partial charge on any atom is -0.300 e. The molecule has 0 spiro atoms. The molecule has 0 heterocycles. The van der Waals surface area contributed by atoms with Crippen LogP contribution in [0.15, 0.2) is 53.4 Å². The highest BCUT2D eigenvalue weighted by molar-refractivity contribution is 7.89. The molecule has 24 heavy (non-hydrogen) atoms. The Kier molecular flexibility index (Phi) is 6.80. The molecule has 0 fully saturated rings. The Morgan fingerprint density at radius 1 is 1.00 bits per heavy atom. The van der Waals surface area contributed by atoms with Gasteiger partial charge in [-0.05, 0) is 42.4 Å². The van der Waals surface area contributed by atoms with Gasteiger partial charge in [0.25, 0.3) is 0 Å². The van der Waals surface area contributed by atoms with E-state index < -0.39 is 10.0 Å². The van der Waals surface area contributed by atoms with Crippen molar-refractivity contribution in [2.45, 2.75) is 31.8 Å². The summed E-state index contributed by atoms with van der Waals surface area (Å²) in [5.74, 6) is 0. The third-order valence-electron chi connectivity index (χ3n) is 3.97. The first kappa shape index (κ1) is 18.9. The summed E-state index contributed by atoms with van der Waals surface area (Å²) in [5.41, 5.74) is 2.12. The number of hydrogen-bond acceptors (Lipinski definition) is 3. The molecule has 0 saturated carbocycles. The van der Waals surface area contributed by atoms with Gasteiger partial charge in [-0.1, -0.05) is 55.8 Å². The van der Waals surface area contributed by atoms with Crippen LogP contribution in [-0.2, 0) is 23.1 Å². The van der Waals surface area contributed by atoms with Gasteiger partial charge in [0.05, 0.1) is 4.90 Å². The molecule has 6 heteroatoms. The zero-order valence-corrected chi connectivity index (χ0v) is 15.6. The highest BCUT2D eigenvalue weighted by atomic mass is 35.5. The molecule has 0 bridgehead atoms. The molecule has 130 valence electrons. The Hall–Kier alpha value is -1.40. The molecular formula is C18H23ClN2O2S. The van der Waals surface area contributed by atoms with Crippen molar-refractivity contribution < 1.29 is 8.42 Å². The molecule has 0 aliphatic rings. The molecule has 2 aromatic carbocycles. The minimum absolute atomic E-state index is 0.177. The maximum absolute atomic E-state index is 12.4. The second kappa shape index (κ2) is 8.62. The lowest BCUT2D eigenvalue weighted by Crippen LogP contribution is -2.26. The van der Waals surface area contributed by atoms with Crippen LogP contribution in [0.4, 0.5) is 0 Å². The van der Waals surface area contributed by atoms with Crippen molar-refractivity contribution in [3.63, 3.8) is 0 Å². The maximum atomic E-state index is 12.4. The molecule has 1 N–H and O–H groups in total. The third-order valence-corrected chi connectivity index (χ3v) is 5.60. The quantitative estimate of drug-likeness (QED) is 0.775. The zero-order chi connectivity index (χ0) is 17.6. The van der Waals surface area contributed by atoms with E-state index in [9.17, 15) is 8.42 Å². The van der Waals surface area contributed by atoms with Crippen LogP contribution in [0.2, 0.25) is 5.02 Å². The fourth-order valence-electron chi connectivity index (χ4n) is 2.46. The van der Waals surface area contributed by atoms with Crippen molar-refractivity contribution in [3.05, 3.63) is 64.7 Å². The second-order valence-electron chi connectivity index (χ2n) is 5.51. The standard InChI is InChI=1S/C18H23ClN2O2S/c1-3-21(4-2)14-16-9-6-5-8-15(16)13-20-24(22,23)18-11-7-10-17(19)12-18/h5-12,20H,3-4,13-14H2,1-2H3. The van der Waals surface area contributed by atoms with E-state index in [1.807, 2.05) is 24.3 Å². The van der Waals surface area contributed by atoms with Gasteiger partial charge >= 0.3 is 0 Å². The van der Waals surface area contributed by atoms with Gasteiger partial charge in [-0.15, -0.1) is 0 Å². The van der Waals surface area contributed by atoms with Gasteiger partial charge in [-0.25, -0.2) is 13.1 Å². The number of rotatable bonds is 8. The first-order chi connectivity index (χ1) is 11.5. The van der Waals surface area contributed by atoms with Crippen LogP contribution < -0.4 is 4.72 Å². The summed E-state index contributed by atoms with van der Waals surface area (Å²) in [6.45, 7) is 7.22. The van der Waals surface area contributed by atoms with Crippen molar-refractivity contribution >= 4 is 21.6 Å². The van der Waals surface area contributed by atoms with E-state index in [4.69, 9.17) is 11.6 Å². The molecule has 0 aromatic heterocycles. The summed E-state index contributed by atoms with van der Waals surface area (Å²) >= 11 is 5.88. The second-order valence-corrected chi connectivity index (χ2v) is 7.72. The maximum Gasteiger partial charge on any atom is 0.240 e. The molecule has 2 aromatic rings. The summed E-state index contributed by atoms with van der Waals surface area (Å²) in [7, 11) is -3.59. The van der Waals surface area contributed by atoms with E-state index in [2.05, 4.69) is 23.5 Å². The Bertz CT molecular complexity index is 774. The summed E-state index contributed by atoms with van der Waals surface area (Å²) in [6.07, 6.45) is 0. The lowest BCUT2D eigenvalue weighted by molar-refractivity contribution is 0.295. The third kappa shape index (κ3) is 5.05. The van der Waals surface area contributed by atoms with Gasteiger partial charge < -0.3 is 0 Å². The van der Waals surface area contributed by atoms with Gasteiger partial charge in [0.15, 0.2) is 0 Å². The largest absolute Gasteiger partial charge is 0.300 e. The van der Waals surface area contributed by atoms with Crippen molar-refractivity contribution in [3.8, 4) is 0 Å². The molecule has 0 radical (unpaired) electrons. The van der Waals surface area contributed by atoms with E-state index >= 15 is 0 Å². The molecule has 2 rings (SSSR count). The number of sulfonamides is 1. The Balaban J connectivity index is 2.14. The highest BCUT2D eigenvalue weighted by Crippen LogP contribution is 2.17. The zero-order valence-electron chi connectivity index (χ0n) is 14.0. The smallest absolute Gasteiger partial charge is 0.240 e. The van der Waals surface area contributed by atoms with Gasteiger partial charge in [0, 0.05) is 18.1 Å². The van der Waals surface area contributed by atoms with Crippen molar-refractivity contribution in [2.75, 3.05) is 13.1 Å². The number of benzene rings is 2. The first-order valence-corrected chi connectivity index (χ1v) is 9.86. The number of nitrogens with one attached hydrogen (secondary N) is 1. The summed E-state index contributed by atoms with van der Waals surface area (Å²) in [4.78, 5) is 2.47. The molecule has 0 unspecified atom stereocenters. The van der Waals surface area contributed by atoms with E-state index in [0.29, 0.717) is 5.02 Å². The van der Waals surface area contributed by atoms with Crippen LogP contribution in [0.25, 0.3) is 0 Å². The summed E-state index contributed by atoms with van der Waals surface area (Å²) in [6, 6.07) is 14.2. The number of nitrogens with zero attached hydrogens (tertiary/aromatic N) is 1. The first-order valence-electron chi connectivity index (χ1n) is 8.00. The van der Waals surface area contributed by atoms with Crippen molar-refractivity contribution in [1.29, 1.82) is 0 Å². The molecule has 0 aliphatic carbocycles. The Morgan fingerprint density at radius 3 is 2.29 bits per heavy atom. The molecule has 0 saturated heterocycles. The topological polar surface area (TPSA) is 49.4 Å². The van der Waals surface area contributed by atoms with Gasteiger partial charge in [0.1, 0.15) is 0 Å². The van der Waals surface area contributed by atoms with Crippen LogP contribution in [-0.4, -0.2) is 26.4 Å². The summed E-state index contributed by atoms with van der Waals surface area (Å²) in [5, 5.41) is 0.403. The SMILES string of the molecule is CCN(CC)Cc1ccccc1CNS(=O)(=O)c1cccc(Cl)c1. The monoisotopic (exact) mass is 366 g/mol. The average Bonchev–Trinajstić information content (AvgIpc) is 2.58. The number of hydrogen-bond donors (Lipinski definition) is 1. The highest BCUT2D eigenvalue weighted by Gasteiger charge is 2.15. The lowest BCUT2D eigenvalue weighted by Gasteiger charge is -2.20. The predicted octanol–water partition coefficient (Wildman–Crippen LogP) is 3.66. The van der Waals surface area contributed by atoms with Crippen molar-refractivity contribution in [1.82, 2.24) is 9.62 Å². The molecule has 0 atom stereocenters. The van der Waals surface area contributed by atoms with Crippen molar-refractivity contribution in [2.24, 2.45) is 0 Å². The van der Waals surface area contributed by atoms with E-state index in [-0.39, 0.29) is 11.4 Å². The normalized spacial score (nSPS) is 11.8. The molecular weight excluding hydrogens is 344 g/mol. The van der Waals surface area contributed by atoms with Gasteiger partial charge in [-0.2, -0.15) is 0 Å². The summed E-state index contributed by atoms with van der Waals surface area (Å²) < 4.78 is 27.5.